The van der Waals surface area contributed by atoms with Gasteiger partial charge in [0.25, 0.3) is 0 Å². The van der Waals surface area contributed by atoms with Crippen molar-refractivity contribution in [3.8, 4) is 11.5 Å². The second-order valence-electron chi connectivity index (χ2n) is 10.0. The second-order valence-corrected chi connectivity index (χ2v) is 10.0. The van der Waals surface area contributed by atoms with Gasteiger partial charge in [-0.1, -0.05) is 36.4 Å². The van der Waals surface area contributed by atoms with Crippen LogP contribution in [0, 0.1) is 5.92 Å². The van der Waals surface area contributed by atoms with Gasteiger partial charge >= 0.3 is 12.1 Å². The van der Waals surface area contributed by atoms with Gasteiger partial charge in [-0.3, -0.25) is 0 Å². The molecule has 4 aromatic rings. The fourth-order valence-electron chi connectivity index (χ4n) is 4.84. The highest BCUT2D eigenvalue weighted by atomic mass is 19.4. The van der Waals surface area contributed by atoms with E-state index in [9.17, 15) is 23.1 Å². The summed E-state index contributed by atoms with van der Waals surface area (Å²) in [6.07, 6.45) is -2.17. The van der Waals surface area contributed by atoms with Gasteiger partial charge in [0.15, 0.2) is 0 Å². The standard InChI is InChI=1S/C31H30F3NO5/c1-38-11-12-39-24-14-22(15-25(17-24)40-19-20-9-10-20)18-35-28-8-3-2-7-26(28)27(29(35)30(36)37)16-21-5-4-6-23(13-21)31(32,33)34/h2-8,13-15,17,20H,9-12,16,18-19H2,1H3,(H,36,37). The van der Waals surface area contributed by atoms with Gasteiger partial charge in [-0.25, -0.2) is 4.79 Å². The van der Waals surface area contributed by atoms with Crippen molar-refractivity contribution in [3.63, 3.8) is 0 Å². The molecule has 1 fully saturated rings. The molecular weight excluding hydrogens is 523 g/mol. The van der Waals surface area contributed by atoms with Crippen LogP contribution in [0.5, 0.6) is 11.5 Å². The molecule has 1 N–H and O–H groups in total. The minimum atomic E-state index is -4.49. The Morgan fingerprint density at radius 1 is 0.950 bits per heavy atom. The molecule has 210 valence electrons. The van der Waals surface area contributed by atoms with E-state index in [4.69, 9.17) is 14.2 Å². The van der Waals surface area contributed by atoms with Crippen molar-refractivity contribution < 1.29 is 37.3 Å². The maximum atomic E-state index is 13.4. The summed E-state index contributed by atoms with van der Waals surface area (Å²) in [4.78, 5) is 12.6. The molecule has 9 heteroatoms. The lowest BCUT2D eigenvalue weighted by Crippen LogP contribution is -2.12. The molecule has 0 aliphatic heterocycles. The van der Waals surface area contributed by atoms with Gasteiger partial charge in [-0.15, -0.1) is 0 Å². The Kier molecular flexibility index (Phi) is 8.02. The Labute approximate surface area is 229 Å². The van der Waals surface area contributed by atoms with Crippen LogP contribution in [-0.2, 0) is 23.9 Å². The fraction of sp³-hybridized carbons (Fsp3) is 0.323. The number of carboxylic acids is 1. The van der Waals surface area contributed by atoms with Crippen molar-refractivity contribution in [2.24, 2.45) is 5.92 Å². The lowest BCUT2D eigenvalue weighted by atomic mass is 10.00. The summed E-state index contributed by atoms with van der Waals surface area (Å²) >= 11 is 0. The molecule has 40 heavy (non-hydrogen) atoms. The van der Waals surface area contributed by atoms with Crippen molar-refractivity contribution in [2.45, 2.75) is 32.0 Å². The van der Waals surface area contributed by atoms with Crippen LogP contribution < -0.4 is 9.47 Å². The van der Waals surface area contributed by atoms with Crippen molar-refractivity contribution in [3.05, 3.63) is 94.7 Å². The van der Waals surface area contributed by atoms with Gasteiger partial charge in [-0.2, -0.15) is 13.2 Å². The van der Waals surface area contributed by atoms with Gasteiger partial charge in [0, 0.05) is 37.0 Å². The Bertz CT molecular complexity index is 1510. The molecule has 1 heterocycles. The number of para-hydroxylation sites is 1. The molecule has 1 saturated carbocycles. The number of hydrogen-bond donors (Lipinski definition) is 1. The number of hydrogen-bond acceptors (Lipinski definition) is 4. The van der Waals surface area contributed by atoms with E-state index in [-0.39, 0.29) is 18.7 Å². The van der Waals surface area contributed by atoms with Crippen LogP contribution in [0.2, 0.25) is 0 Å². The zero-order valence-electron chi connectivity index (χ0n) is 22.0. The van der Waals surface area contributed by atoms with E-state index in [0.29, 0.717) is 59.3 Å². The monoisotopic (exact) mass is 553 g/mol. The third-order valence-electron chi connectivity index (χ3n) is 6.93. The van der Waals surface area contributed by atoms with Crippen LogP contribution in [0.3, 0.4) is 0 Å². The van der Waals surface area contributed by atoms with Crippen LogP contribution in [0.25, 0.3) is 10.9 Å². The molecule has 6 nitrogen and oxygen atoms in total. The number of aromatic nitrogens is 1. The van der Waals surface area contributed by atoms with Gasteiger partial charge in [0.2, 0.25) is 0 Å². The predicted octanol–water partition coefficient (Wildman–Crippen LogP) is 6.81. The first-order valence-electron chi connectivity index (χ1n) is 13.1. The summed E-state index contributed by atoms with van der Waals surface area (Å²) in [6, 6.07) is 17.8. The molecule has 0 unspecified atom stereocenters. The van der Waals surface area contributed by atoms with Crippen LogP contribution in [-0.4, -0.2) is 42.6 Å². The number of methoxy groups -OCH3 is 1. The SMILES string of the molecule is COCCOc1cc(Cn2c(C(=O)O)c(Cc3cccc(C(F)(F)F)c3)c3ccccc32)cc(OCC2CC2)c1. The lowest BCUT2D eigenvalue weighted by molar-refractivity contribution is -0.137. The largest absolute Gasteiger partial charge is 0.493 e. The van der Waals surface area contributed by atoms with Crippen LogP contribution in [0.4, 0.5) is 13.2 Å². The number of carboxylic acid groups (broad SMARTS) is 1. The number of halogens is 3. The minimum absolute atomic E-state index is 0.0322. The summed E-state index contributed by atoms with van der Waals surface area (Å²) in [6.45, 7) is 1.56. The van der Waals surface area contributed by atoms with Gasteiger partial charge in [0.1, 0.15) is 23.8 Å². The van der Waals surface area contributed by atoms with E-state index in [1.165, 1.54) is 6.07 Å². The van der Waals surface area contributed by atoms with E-state index in [1.54, 1.807) is 29.9 Å². The summed E-state index contributed by atoms with van der Waals surface area (Å²) in [5.41, 5.74) is 1.55. The van der Waals surface area contributed by atoms with E-state index >= 15 is 0 Å². The van der Waals surface area contributed by atoms with Crippen molar-refractivity contribution in [1.82, 2.24) is 4.57 Å². The third-order valence-corrected chi connectivity index (χ3v) is 6.93. The number of carbonyl (C=O) groups is 1. The Hall–Kier alpha value is -3.98. The number of alkyl halides is 3. The number of rotatable bonds is 12. The highest BCUT2D eigenvalue weighted by Gasteiger charge is 2.31. The predicted molar refractivity (Wildman–Crippen MR) is 144 cm³/mol. The van der Waals surface area contributed by atoms with Crippen LogP contribution >= 0.6 is 0 Å². The summed E-state index contributed by atoms with van der Waals surface area (Å²) in [5, 5.41) is 11.0. The average molecular weight is 554 g/mol. The van der Waals surface area contributed by atoms with Crippen molar-refractivity contribution in [2.75, 3.05) is 26.9 Å². The van der Waals surface area contributed by atoms with Crippen molar-refractivity contribution >= 4 is 16.9 Å². The molecule has 0 radical (unpaired) electrons. The number of ether oxygens (including phenoxy) is 3. The quantitative estimate of drug-likeness (QED) is 0.195. The molecule has 0 amide bonds. The molecule has 1 aliphatic rings. The lowest BCUT2D eigenvalue weighted by Gasteiger charge is -2.14. The maximum absolute atomic E-state index is 13.4. The summed E-state index contributed by atoms with van der Waals surface area (Å²) < 4.78 is 58.7. The zero-order chi connectivity index (χ0) is 28.3. The first-order chi connectivity index (χ1) is 19.2. The number of aromatic carboxylic acids is 1. The summed E-state index contributed by atoms with van der Waals surface area (Å²) in [5.74, 6) is 0.607. The smallest absolute Gasteiger partial charge is 0.416 e. The third kappa shape index (κ3) is 6.42. The highest BCUT2D eigenvalue weighted by molar-refractivity contribution is 5.98. The maximum Gasteiger partial charge on any atom is 0.416 e. The van der Waals surface area contributed by atoms with Gasteiger partial charge in [0.05, 0.1) is 18.8 Å². The number of nitrogens with zero attached hydrogens (tertiary/aromatic N) is 1. The molecule has 3 aromatic carbocycles. The molecule has 0 saturated heterocycles. The molecule has 1 aromatic heterocycles. The Morgan fingerprint density at radius 3 is 2.40 bits per heavy atom. The normalized spacial score (nSPS) is 13.5. The Morgan fingerprint density at radius 2 is 1.70 bits per heavy atom. The molecule has 5 rings (SSSR count). The molecule has 0 spiro atoms. The van der Waals surface area contributed by atoms with Gasteiger partial charge < -0.3 is 23.9 Å². The molecule has 1 aliphatic carbocycles. The summed E-state index contributed by atoms with van der Waals surface area (Å²) in [7, 11) is 1.59. The molecule has 0 bridgehead atoms. The fourth-order valence-corrected chi connectivity index (χ4v) is 4.84. The van der Waals surface area contributed by atoms with E-state index in [0.717, 1.165) is 30.5 Å². The van der Waals surface area contributed by atoms with Crippen LogP contribution in [0.15, 0.2) is 66.7 Å². The van der Waals surface area contributed by atoms with Crippen LogP contribution in [0.1, 0.15) is 45.6 Å². The average Bonchev–Trinajstić information content (AvgIpc) is 3.70. The number of benzene rings is 3. The molecular formula is C31H30F3NO5. The second kappa shape index (κ2) is 11.6. The van der Waals surface area contributed by atoms with E-state index < -0.39 is 17.7 Å². The number of fused-ring (bicyclic) bond motifs is 1. The van der Waals surface area contributed by atoms with Crippen molar-refractivity contribution in [1.29, 1.82) is 0 Å². The van der Waals surface area contributed by atoms with E-state index in [1.807, 2.05) is 30.3 Å². The molecule has 0 atom stereocenters. The Balaban J connectivity index is 1.54. The minimum Gasteiger partial charge on any atom is -0.493 e. The zero-order valence-corrected chi connectivity index (χ0v) is 22.0. The first-order valence-corrected chi connectivity index (χ1v) is 13.1. The first kappa shape index (κ1) is 27.6. The highest BCUT2D eigenvalue weighted by Crippen LogP contribution is 2.34. The van der Waals surface area contributed by atoms with E-state index in [2.05, 4.69) is 0 Å². The van der Waals surface area contributed by atoms with Gasteiger partial charge in [-0.05, 0) is 59.7 Å². The topological polar surface area (TPSA) is 69.9 Å².